The summed E-state index contributed by atoms with van der Waals surface area (Å²) < 4.78 is 0. The third-order valence-electron chi connectivity index (χ3n) is 4.48. The molecule has 0 bridgehead atoms. The zero-order valence-corrected chi connectivity index (χ0v) is 14.7. The Hall–Kier alpha value is -2.73. The molecule has 0 radical (unpaired) electrons. The number of carbonyl (C=O) groups excluding carboxylic acids is 1. The normalized spacial score (nSPS) is 16.4. The lowest BCUT2D eigenvalue weighted by Gasteiger charge is -2.34. The summed E-state index contributed by atoms with van der Waals surface area (Å²) in [5.41, 5.74) is 3.04. The van der Waals surface area contributed by atoms with Gasteiger partial charge in [-0.15, -0.1) is 11.3 Å². The molecule has 1 N–H and O–H groups in total. The lowest BCUT2D eigenvalue weighted by Crippen LogP contribution is -2.39. The van der Waals surface area contributed by atoms with Crippen molar-refractivity contribution in [1.29, 1.82) is 0 Å². The third kappa shape index (κ3) is 3.13. The number of anilines is 2. The number of pyridine rings is 1. The van der Waals surface area contributed by atoms with Gasteiger partial charge < -0.3 is 10.2 Å². The maximum atomic E-state index is 12.9. The topological polar surface area (TPSA) is 58.1 Å². The molecular weight excluding hydrogens is 332 g/mol. The highest BCUT2D eigenvalue weighted by atomic mass is 32.1. The average Bonchev–Trinajstić information content (AvgIpc) is 3.11. The summed E-state index contributed by atoms with van der Waals surface area (Å²) in [4.78, 5) is 23.5. The summed E-state index contributed by atoms with van der Waals surface area (Å²) in [5.74, 6) is 0.698. The van der Waals surface area contributed by atoms with Crippen LogP contribution in [0.5, 0.6) is 0 Å². The molecule has 3 heterocycles. The number of nitrogens with zero attached hydrogens (tertiary/aromatic N) is 3. The second kappa shape index (κ2) is 6.64. The van der Waals surface area contributed by atoms with Gasteiger partial charge in [0, 0.05) is 18.1 Å². The van der Waals surface area contributed by atoms with Crippen molar-refractivity contribution in [2.45, 2.75) is 19.4 Å². The number of hydrogen-bond donors (Lipinski definition) is 1. The molecule has 1 aliphatic rings. The minimum Gasteiger partial charge on any atom is -0.330 e. The Morgan fingerprint density at radius 1 is 1.24 bits per heavy atom. The maximum Gasteiger partial charge on any atom is 0.273 e. The van der Waals surface area contributed by atoms with Gasteiger partial charge in [-0.3, -0.25) is 4.79 Å². The fourth-order valence-electron chi connectivity index (χ4n) is 3.17. The van der Waals surface area contributed by atoms with Gasteiger partial charge in [0.1, 0.15) is 11.5 Å². The molecule has 1 unspecified atom stereocenters. The molecule has 4 rings (SSSR count). The summed E-state index contributed by atoms with van der Waals surface area (Å²) >= 11 is 1.41. The minimum absolute atomic E-state index is 0.0210. The summed E-state index contributed by atoms with van der Waals surface area (Å²) in [7, 11) is 0. The summed E-state index contributed by atoms with van der Waals surface area (Å²) in [6.07, 6.45) is 2.60. The van der Waals surface area contributed by atoms with E-state index in [1.165, 1.54) is 22.5 Å². The van der Waals surface area contributed by atoms with E-state index in [0.717, 1.165) is 18.8 Å². The van der Waals surface area contributed by atoms with E-state index in [9.17, 15) is 4.79 Å². The zero-order valence-electron chi connectivity index (χ0n) is 13.8. The summed E-state index contributed by atoms with van der Waals surface area (Å²) in [6.45, 7) is 2.80. The van der Waals surface area contributed by atoms with Crippen LogP contribution in [0.15, 0.2) is 54.0 Å². The molecule has 6 heteroatoms. The summed E-state index contributed by atoms with van der Waals surface area (Å²) in [6, 6.07) is 14.0. The van der Waals surface area contributed by atoms with Crippen molar-refractivity contribution in [3.05, 3.63) is 70.9 Å². The number of aromatic nitrogens is 2. The van der Waals surface area contributed by atoms with Gasteiger partial charge >= 0.3 is 0 Å². The molecule has 0 aliphatic carbocycles. The average molecular weight is 350 g/mol. The predicted octanol–water partition coefficient (Wildman–Crippen LogP) is 4.04. The minimum atomic E-state index is -0.0210. The number of amides is 1. The van der Waals surface area contributed by atoms with E-state index in [0.29, 0.717) is 10.8 Å². The molecule has 0 fully saturated rings. The molecule has 0 spiro atoms. The molecule has 25 heavy (non-hydrogen) atoms. The lowest BCUT2D eigenvalue weighted by molar-refractivity contribution is 0.0672. The first-order valence-electron chi connectivity index (χ1n) is 8.25. The van der Waals surface area contributed by atoms with Gasteiger partial charge in [0.05, 0.1) is 6.04 Å². The van der Waals surface area contributed by atoms with Crippen molar-refractivity contribution in [3.63, 3.8) is 0 Å². The van der Waals surface area contributed by atoms with Crippen molar-refractivity contribution >= 4 is 28.2 Å². The van der Waals surface area contributed by atoms with Crippen LogP contribution in [0.3, 0.4) is 0 Å². The first-order chi connectivity index (χ1) is 12.2. The fraction of sp³-hybridized carbons (Fsp3) is 0.211. The highest BCUT2D eigenvalue weighted by Crippen LogP contribution is 2.31. The van der Waals surface area contributed by atoms with E-state index >= 15 is 0 Å². The Balaban J connectivity index is 1.52. The molecule has 1 atom stereocenters. The number of carbonyl (C=O) groups is 1. The monoisotopic (exact) mass is 350 g/mol. The molecule has 1 aromatic carbocycles. The summed E-state index contributed by atoms with van der Waals surface area (Å²) in [5, 5.41) is 5.61. The van der Waals surface area contributed by atoms with Crippen LogP contribution in [-0.4, -0.2) is 27.3 Å². The van der Waals surface area contributed by atoms with Crippen molar-refractivity contribution in [2.24, 2.45) is 0 Å². The van der Waals surface area contributed by atoms with Crippen LogP contribution < -0.4 is 5.32 Å². The van der Waals surface area contributed by atoms with Crippen LogP contribution >= 0.6 is 11.3 Å². The second-order valence-electron chi connectivity index (χ2n) is 6.00. The Morgan fingerprint density at radius 2 is 2.08 bits per heavy atom. The van der Waals surface area contributed by atoms with Crippen molar-refractivity contribution in [3.8, 4) is 0 Å². The van der Waals surface area contributed by atoms with Crippen molar-refractivity contribution in [2.75, 3.05) is 11.9 Å². The molecule has 3 aromatic rings. The quantitative estimate of drug-likeness (QED) is 0.774. The lowest BCUT2D eigenvalue weighted by atomic mass is 9.93. The van der Waals surface area contributed by atoms with Crippen molar-refractivity contribution < 1.29 is 4.79 Å². The predicted molar refractivity (Wildman–Crippen MR) is 99.2 cm³/mol. The van der Waals surface area contributed by atoms with E-state index in [2.05, 4.69) is 40.4 Å². The van der Waals surface area contributed by atoms with Crippen LogP contribution in [0.4, 0.5) is 10.9 Å². The van der Waals surface area contributed by atoms with Gasteiger partial charge in [-0.05, 0) is 36.6 Å². The van der Waals surface area contributed by atoms with Gasteiger partial charge in [0.25, 0.3) is 5.91 Å². The van der Waals surface area contributed by atoms with E-state index in [4.69, 9.17) is 0 Å². The standard InChI is InChI=1S/C19H18N4OS/c1-13-15-7-3-2-6-14(15)9-11-23(13)18(24)16-12-25-19(21-16)22-17-8-4-5-10-20-17/h2-8,10,12-13H,9,11H2,1H3,(H,20,21,22). The van der Waals surface area contributed by atoms with E-state index in [1.807, 2.05) is 29.2 Å². The first kappa shape index (κ1) is 15.8. The molecule has 2 aromatic heterocycles. The van der Waals surface area contributed by atoms with Crippen LogP contribution in [-0.2, 0) is 6.42 Å². The number of rotatable bonds is 3. The number of hydrogen-bond acceptors (Lipinski definition) is 5. The molecule has 1 aliphatic heterocycles. The third-order valence-corrected chi connectivity index (χ3v) is 5.24. The number of benzene rings is 1. The maximum absolute atomic E-state index is 12.9. The molecule has 0 saturated carbocycles. The molecule has 126 valence electrons. The fourth-order valence-corrected chi connectivity index (χ4v) is 3.86. The second-order valence-corrected chi connectivity index (χ2v) is 6.86. The zero-order chi connectivity index (χ0) is 17.2. The van der Waals surface area contributed by atoms with Gasteiger partial charge in [-0.1, -0.05) is 30.3 Å². The molecular formula is C19H18N4OS. The SMILES string of the molecule is CC1c2ccccc2CCN1C(=O)c1csc(Nc2ccccn2)n1. The first-order valence-corrected chi connectivity index (χ1v) is 9.12. The Labute approximate surface area is 150 Å². The van der Waals surface area contributed by atoms with Crippen LogP contribution in [0.2, 0.25) is 0 Å². The Kier molecular flexibility index (Phi) is 4.19. The van der Waals surface area contributed by atoms with Crippen molar-refractivity contribution in [1.82, 2.24) is 14.9 Å². The largest absolute Gasteiger partial charge is 0.330 e. The van der Waals surface area contributed by atoms with Crippen LogP contribution in [0.1, 0.15) is 34.6 Å². The smallest absolute Gasteiger partial charge is 0.273 e. The van der Waals surface area contributed by atoms with E-state index < -0.39 is 0 Å². The highest BCUT2D eigenvalue weighted by molar-refractivity contribution is 7.14. The van der Waals surface area contributed by atoms with E-state index in [-0.39, 0.29) is 11.9 Å². The number of thiazole rings is 1. The van der Waals surface area contributed by atoms with Gasteiger partial charge in [0.15, 0.2) is 5.13 Å². The molecule has 5 nitrogen and oxygen atoms in total. The van der Waals surface area contributed by atoms with Gasteiger partial charge in [0.2, 0.25) is 0 Å². The van der Waals surface area contributed by atoms with Crippen LogP contribution in [0, 0.1) is 0 Å². The van der Waals surface area contributed by atoms with Crippen LogP contribution in [0.25, 0.3) is 0 Å². The number of nitrogens with one attached hydrogen (secondary N) is 1. The number of fused-ring (bicyclic) bond motifs is 1. The Morgan fingerprint density at radius 3 is 2.92 bits per heavy atom. The molecule has 1 amide bonds. The van der Waals surface area contributed by atoms with Gasteiger partial charge in [-0.25, -0.2) is 9.97 Å². The van der Waals surface area contributed by atoms with E-state index in [1.54, 1.807) is 11.6 Å². The molecule has 0 saturated heterocycles. The Bertz CT molecular complexity index is 893. The highest BCUT2D eigenvalue weighted by Gasteiger charge is 2.29. The van der Waals surface area contributed by atoms with Gasteiger partial charge in [-0.2, -0.15) is 0 Å².